The summed E-state index contributed by atoms with van der Waals surface area (Å²) in [6.07, 6.45) is 0. The van der Waals surface area contributed by atoms with Crippen LogP contribution in [0.15, 0.2) is 47.3 Å². The molecule has 0 bridgehead atoms. The topological polar surface area (TPSA) is 83.9 Å². The van der Waals surface area contributed by atoms with Gasteiger partial charge in [0, 0.05) is 5.02 Å². The zero-order valence-corrected chi connectivity index (χ0v) is 11.9. The molecule has 0 radical (unpaired) electrons. The Bertz CT molecular complexity index is 811. The van der Waals surface area contributed by atoms with E-state index in [9.17, 15) is 4.79 Å². The SMILES string of the molecule is NC(COc1ccccc1)c1cc2[nH]c(=O)[nH]c2cc1Cl. The number of aromatic amines is 2. The maximum Gasteiger partial charge on any atom is 0.323 e. The van der Waals surface area contributed by atoms with E-state index in [4.69, 9.17) is 22.1 Å². The van der Waals surface area contributed by atoms with E-state index in [-0.39, 0.29) is 11.7 Å². The Balaban J connectivity index is 1.82. The normalized spacial score (nSPS) is 12.5. The Morgan fingerprint density at radius 2 is 1.81 bits per heavy atom. The molecule has 5 nitrogen and oxygen atoms in total. The highest BCUT2D eigenvalue weighted by Crippen LogP contribution is 2.26. The first-order valence-corrected chi connectivity index (χ1v) is 6.86. The van der Waals surface area contributed by atoms with Gasteiger partial charge in [-0.25, -0.2) is 4.79 Å². The van der Waals surface area contributed by atoms with Gasteiger partial charge in [0.05, 0.1) is 17.1 Å². The van der Waals surface area contributed by atoms with Gasteiger partial charge in [0.2, 0.25) is 0 Å². The predicted octanol–water partition coefficient (Wildman–Crippen LogP) is 2.59. The molecular weight excluding hydrogens is 290 g/mol. The molecule has 4 N–H and O–H groups in total. The highest BCUT2D eigenvalue weighted by atomic mass is 35.5. The van der Waals surface area contributed by atoms with Gasteiger partial charge in [-0.1, -0.05) is 29.8 Å². The molecule has 1 unspecified atom stereocenters. The molecule has 1 atom stereocenters. The third-order valence-corrected chi connectivity index (χ3v) is 3.53. The van der Waals surface area contributed by atoms with Crippen LogP contribution in [0.25, 0.3) is 11.0 Å². The zero-order valence-electron chi connectivity index (χ0n) is 11.1. The van der Waals surface area contributed by atoms with Gasteiger partial charge in [-0.3, -0.25) is 0 Å². The van der Waals surface area contributed by atoms with Crippen molar-refractivity contribution in [1.82, 2.24) is 9.97 Å². The van der Waals surface area contributed by atoms with Gasteiger partial charge in [0.1, 0.15) is 12.4 Å². The quantitative estimate of drug-likeness (QED) is 0.692. The minimum atomic E-state index is -0.388. The molecule has 108 valence electrons. The number of nitrogens with one attached hydrogen (secondary N) is 2. The van der Waals surface area contributed by atoms with Crippen LogP contribution in [0.3, 0.4) is 0 Å². The van der Waals surface area contributed by atoms with E-state index in [1.807, 2.05) is 30.3 Å². The van der Waals surface area contributed by atoms with Gasteiger partial charge in [0.25, 0.3) is 0 Å². The lowest BCUT2D eigenvalue weighted by Crippen LogP contribution is -2.19. The van der Waals surface area contributed by atoms with Gasteiger partial charge in [-0.15, -0.1) is 0 Å². The lowest BCUT2D eigenvalue weighted by Gasteiger charge is -2.15. The zero-order chi connectivity index (χ0) is 14.8. The molecule has 6 heteroatoms. The number of H-pyrrole nitrogens is 2. The van der Waals surface area contributed by atoms with Crippen molar-refractivity contribution in [3.8, 4) is 5.75 Å². The number of fused-ring (bicyclic) bond motifs is 1. The second-order valence-electron chi connectivity index (χ2n) is 4.73. The van der Waals surface area contributed by atoms with Crippen molar-refractivity contribution in [2.45, 2.75) is 6.04 Å². The van der Waals surface area contributed by atoms with Crippen LogP contribution >= 0.6 is 11.6 Å². The average molecular weight is 304 g/mol. The van der Waals surface area contributed by atoms with Gasteiger partial charge in [-0.2, -0.15) is 0 Å². The molecule has 3 aromatic rings. The van der Waals surface area contributed by atoms with E-state index in [0.717, 1.165) is 11.3 Å². The molecule has 0 saturated carbocycles. The second kappa shape index (κ2) is 5.63. The highest BCUT2D eigenvalue weighted by molar-refractivity contribution is 6.32. The number of para-hydroxylation sites is 1. The molecule has 0 spiro atoms. The minimum Gasteiger partial charge on any atom is -0.492 e. The average Bonchev–Trinajstić information content (AvgIpc) is 2.84. The van der Waals surface area contributed by atoms with Crippen LogP contribution in [0.1, 0.15) is 11.6 Å². The number of aromatic nitrogens is 2. The van der Waals surface area contributed by atoms with Gasteiger partial charge in [0.15, 0.2) is 0 Å². The van der Waals surface area contributed by atoms with Crippen molar-refractivity contribution < 1.29 is 4.74 Å². The minimum absolute atomic E-state index is 0.271. The smallest absolute Gasteiger partial charge is 0.323 e. The Hall–Kier alpha value is -2.24. The van der Waals surface area contributed by atoms with Crippen LogP contribution in [0.5, 0.6) is 5.75 Å². The summed E-state index contributed by atoms with van der Waals surface area (Å²) in [6, 6.07) is 12.5. The number of ether oxygens (including phenoxy) is 1. The fourth-order valence-electron chi connectivity index (χ4n) is 2.15. The number of hydrogen-bond acceptors (Lipinski definition) is 3. The van der Waals surface area contributed by atoms with Gasteiger partial charge >= 0.3 is 5.69 Å². The van der Waals surface area contributed by atoms with E-state index < -0.39 is 0 Å². The molecule has 0 aliphatic rings. The lowest BCUT2D eigenvalue weighted by atomic mass is 10.1. The summed E-state index contributed by atoms with van der Waals surface area (Å²) in [7, 11) is 0. The fourth-order valence-corrected chi connectivity index (χ4v) is 2.45. The van der Waals surface area contributed by atoms with Crippen molar-refractivity contribution in [1.29, 1.82) is 0 Å². The Labute approximate surface area is 125 Å². The molecule has 1 aromatic heterocycles. The number of hydrogen-bond donors (Lipinski definition) is 3. The number of halogens is 1. The van der Waals surface area contributed by atoms with Crippen molar-refractivity contribution in [3.63, 3.8) is 0 Å². The van der Waals surface area contributed by atoms with Crippen molar-refractivity contribution >= 4 is 22.6 Å². The molecule has 2 aromatic carbocycles. The molecule has 0 amide bonds. The molecule has 0 fully saturated rings. The van der Waals surface area contributed by atoms with E-state index in [0.29, 0.717) is 22.7 Å². The van der Waals surface area contributed by atoms with Crippen LogP contribution < -0.4 is 16.2 Å². The van der Waals surface area contributed by atoms with E-state index >= 15 is 0 Å². The number of benzene rings is 2. The van der Waals surface area contributed by atoms with Crippen LogP contribution in [0.4, 0.5) is 0 Å². The number of imidazole rings is 1. The van der Waals surface area contributed by atoms with Crippen LogP contribution in [0.2, 0.25) is 5.02 Å². The van der Waals surface area contributed by atoms with E-state index in [1.54, 1.807) is 12.1 Å². The maximum atomic E-state index is 11.3. The van der Waals surface area contributed by atoms with Crippen LogP contribution in [0, 0.1) is 0 Å². The Morgan fingerprint density at radius 3 is 2.52 bits per heavy atom. The number of rotatable bonds is 4. The first-order valence-electron chi connectivity index (χ1n) is 6.48. The maximum absolute atomic E-state index is 11.3. The van der Waals surface area contributed by atoms with E-state index in [1.165, 1.54) is 0 Å². The summed E-state index contributed by atoms with van der Waals surface area (Å²) >= 11 is 6.22. The summed E-state index contributed by atoms with van der Waals surface area (Å²) < 4.78 is 5.63. The largest absolute Gasteiger partial charge is 0.492 e. The van der Waals surface area contributed by atoms with Crippen molar-refractivity contribution in [2.24, 2.45) is 5.73 Å². The summed E-state index contributed by atoms with van der Waals surface area (Å²) in [5.74, 6) is 0.750. The molecule has 21 heavy (non-hydrogen) atoms. The third kappa shape index (κ3) is 2.94. The van der Waals surface area contributed by atoms with Crippen molar-refractivity contribution in [3.05, 3.63) is 63.5 Å². The summed E-state index contributed by atoms with van der Waals surface area (Å²) in [4.78, 5) is 16.6. The molecule has 0 aliphatic carbocycles. The Morgan fingerprint density at radius 1 is 1.14 bits per heavy atom. The number of nitrogens with two attached hydrogens (primary N) is 1. The highest BCUT2D eigenvalue weighted by Gasteiger charge is 2.13. The fraction of sp³-hybridized carbons (Fsp3) is 0.133. The van der Waals surface area contributed by atoms with Crippen LogP contribution in [-0.2, 0) is 0 Å². The predicted molar refractivity (Wildman–Crippen MR) is 82.8 cm³/mol. The molecule has 0 aliphatic heterocycles. The molecule has 3 rings (SSSR count). The molecular formula is C15H14ClN3O2. The van der Waals surface area contributed by atoms with Gasteiger partial charge < -0.3 is 20.4 Å². The van der Waals surface area contributed by atoms with E-state index in [2.05, 4.69) is 9.97 Å². The summed E-state index contributed by atoms with van der Waals surface area (Å²) in [6.45, 7) is 0.296. The third-order valence-electron chi connectivity index (χ3n) is 3.21. The monoisotopic (exact) mass is 303 g/mol. The second-order valence-corrected chi connectivity index (χ2v) is 5.14. The van der Waals surface area contributed by atoms with Gasteiger partial charge in [-0.05, 0) is 29.8 Å². The first-order chi connectivity index (χ1) is 10.1. The molecule has 1 heterocycles. The van der Waals surface area contributed by atoms with Crippen LogP contribution in [-0.4, -0.2) is 16.6 Å². The summed E-state index contributed by atoms with van der Waals surface area (Å²) in [5.41, 5.74) is 7.92. The lowest BCUT2D eigenvalue weighted by molar-refractivity contribution is 0.291. The van der Waals surface area contributed by atoms with Crippen molar-refractivity contribution in [2.75, 3.05) is 6.61 Å². The Kier molecular flexibility index (Phi) is 3.68. The molecule has 0 saturated heterocycles. The standard InChI is InChI=1S/C15H14ClN3O2/c16-11-7-14-13(18-15(20)19-14)6-10(11)12(17)8-21-9-4-2-1-3-5-9/h1-7,12H,8,17H2,(H2,18,19,20). The summed E-state index contributed by atoms with van der Waals surface area (Å²) in [5, 5.41) is 0.502. The first kappa shape index (κ1) is 13.7.